The molecule has 0 aliphatic heterocycles. The number of carboxylic acid groups (broad SMARTS) is 1. The Balaban J connectivity index is 2.42. The van der Waals surface area contributed by atoms with Crippen molar-refractivity contribution in [2.75, 3.05) is 0 Å². The van der Waals surface area contributed by atoms with Crippen molar-refractivity contribution >= 4 is 11.9 Å². The van der Waals surface area contributed by atoms with Gasteiger partial charge in [0.25, 0.3) is 0 Å². The molecule has 0 heterocycles. The van der Waals surface area contributed by atoms with Crippen LogP contribution in [0.25, 0.3) is 0 Å². The first-order valence-electron chi connectivity index (χ1n) is 8.23. The summed E-state index contributed by atoms with van der Waals surface area (Å²) in [6.07, 6.45) is 8.46. The maximum Gasteiger partial charge on any atom is 0.326 e. The largest absolute Gasteiger partial charge is 0.480 e. The topological polar surface area (TPSA) is 75.6 Å². The van der Waals surface area contributed by atoms with E-state index in [9.17, 15) is 9.59 Å². The minimum Gasteiger partial charge on any atom is -0.480 e. The van der Waals surface area contributed by atoms with Crippen molar-refractivity contribution in [3.05, 3.63) is 0 Å². The van der Waals surface area contributed by atoms with Gasteiger partial charge in [-0.15, -0.1) is 0 Å². The van der Waals surface area contributed by atoms with Crippen LogP contribution >= 0.6 is 0 Å². The predicted octanol–water partition coefficient (Wildman–Crippen LogP) is 2.87. The van der Waals surface area contributed by atoms with Crippen molar-refractivity contribution < 1.29 is 19.4 Å². The van der Waals surface area contributed by atoms with E-state index in [0.29, 0.717) is 6.42 Å². The lowest BCUT2D eigenvalue weighted by molar-refractivity contribution is -0.145. The second-order valence-electron chi connectivity index (χ2n) is 5.93. The van der Waals surface area contributed by atoms with Crippen LogP contribution in [-0.4, -0.2) is 35.2 Å². The van der Waals surface area contributed by atoms with Gasteiger partial charge in [0, 0.05) is 0 Å². The van der Waals surface area contributed by atoms with Crippen LogP contribution in [-0.2, 0) is 14.3 Å². The molecular weight excluding hydrogens is 270 g/mol. The number of carbonyl (C=O) groups excluding carboxylic acids is 1. The lowest BCUT2D eigenvalue weighted by atomic mass is 10.1. The van der Waals surface area contributed by atoms with Crippen LogP contribution in [0.5, 0.6) is 0 Å². The number of unbranched alkanes of at least 4 members (excludes halogenated alkanes) is 1. The molecule has 1 saturated carbocycles. The van der Waals surface area contributed by atoms with Crippen molar-refractivity contribution in [3.8, 4) is 0 Å². The molecular formula is C16H29NO4. The van der Waals surface area contributed by atoms with Crippen LogP contribution in [0.4, 0.5) is 0 Å². The molecule has 2 atom stereocenters. The molecule has 1 amide bonds. The van der Waals surface area contributed by atoms with E-state index in [1.54, 1.807) is 6.92 Å². The number of nitrogens with one attached hydrogen (secondary N) is 1. The monoisotopic (exact) mass is 299 g/mol. The van der Waals surface area contributed by atoms with Crippen molar-refractivity contribution in [3.63, 3.8) is 0 Å². The highest BCUT2D eigenvalue weighted by Gasteiger charge is 2.25. The summed E-state index contributed by atoms with van der Waals surface area (Å²) in [5.41, 5.74) is 0. The molecule has 122 valence electrons. The number of carboxylic acids is 1. The third kappa shape index (κ3) is 6.93. The van der Waals surface area contributed by atoms with Gasteiger partial charge in [0.1, 0.15) is 12.1 Å². The van der Waals surface area contributed by atoms with E-state index in [4.69, 9.17) is 9.84 Å². The van der Waals surface area contributed by atoms with Gasteiger partial charge in [-0.2, -0.15) is 0 Å². The van der Waals surface area contributed by atoms with Gasteiger partial charge in [-0.25, -0.2) is 4.79 Å². The molecule has 2 unspecified atom stereocenters. The molecule has 1 fully saturated rings. The Hall–Kier alpha value is -1.10. The van der Waals surface area contributed by atoms with Gasteiger partial charge < -0.3 is 15.2 Å². The van der Waals surface area contributed by atoms with Gasteiger partial charge in [-0.3, -0.25) is 4.79 Å². The van der Waals surface area contributed by atoms with Crippen LogP contribution in [0.2, 0.25) is 0 Å². The number of hydrogen-bond acceptors (Lipinski definition) is 3. The first kappa shape index (κ1) is 18.0. The minimum atomic E-state index is -0.974. The zero-order chi connectivity index (χ0) is 15.7. The molecule has 0 spiro atoms. The molecule has 5 heteroatoms. The van der Waals surface area contributed by atoms with Crippen molar-refractivity contribution in [1.82, 2.24) is 5.32 Å². The SMILES string of the molecule is CCCCC(NC(=O)C(C)OC1CCCCCC1)C(=O)O. The Morgan fingerprint density at radius 1 is 1.24 bits per heavy atom. The Morgan fingerprint density at radius 2 is 1.86 bits per heavy atom. The van der Waals surface area contributed by atoms with Crippen LogP contribution in [0.15, 0.2) is 0 Å². The van der Waals surface area contributed by atoms with Crippen molar-refractivity contribution in [1.29, 1.82) is 0 Å². The molecule has 0 aromatic rings. The molecule has 0 saturated heterocycles. The standard InChI is InChI=1S/C16H29NO4/c1-3-4-11-14(16(19)20)17-15(18)12(2)21-13-9-7-5-6-8-10-13/h12-14H,3-11H2,1-2H3,(H,17,18)(H,19,20). The fourth-order valence-corrected chi connectivity index (χ4v) is 2.68. The first-order valence-corrected chi connectivity index (χ1v) is 8.23. The van der Waals surface area contributed by atoms with Crippen molar-refractivity contribution in [2.24, 2.45) is 0 Å². The number of aliphatic carboxylic acids is 1. The van der Waals surface area contributed by atoms with Crippen molar-refractivity contribution in [2.45, 2.75) is 89.9 Å². The number of ether oxygens (including phenoxy) is 1. The maximum absolute atomic E-state index is 12.1. The van der Waals surface area contributed by atoms with Gasteiger partial charge in [0.05, 0.1) is 6.10 Å². The Bertz CT molecular complexity index is 324. The highest BCUT2D eigenvalue weighted by Crippen LogP contribution is 2.21. The van der Waals surface area contributed by atoms with E-state index in [0.717, 1.165) is 38.5 Å². The molecule has 2 N–H and O–H groups in total. The van der Waals surface area contributed by atoms with E-state index >= 15 is 0 Å². The van der Waals surface area contributed by atoms with Crippen LogP contribution < -0.4 is 5.32 Å². The van der Waals surface area contributed by atoms with E-state index < -0.39 is 18.1 Å². The number of hydrogen-bond donors (Lipinski definition) is 2. The zero-order valence-corrected chi connectivity index (χ0v) is 13.3. The summed E-state index contributed by atoms with van der Waals surface area (Å²) in [6.45, 7) is 3.71. The first-order chi connectivity index (χ1) is 10.0. The zero-order valence-electron chi connectivity index (χ0n) is 13.3. The van der Waals surface area contributed by atoms with Gasteiger partial charge in [-0.1, -0.05) is 45.4 Å². The summed E-state index contributed by atoms with van der Waals surface area (Å²) in [5, 5.41) is 11.7. The molecule has 1 aliphatic rings. The van der Waals surface area contributed by atoms with Crippen LogP contribution in [0, 0.1) is 0 Å². The number of rotatable bonds is 8. The predicted molar refractivity (Wildman–Crippen MR) is 81.1 cm³/mol. The Morgan fingerprint density at radius 3 is 2.38 bits per heavy atom. The summed E-state index contributed by atoms with van der Waals surface area (Å²) in [5.74, 6) is -1.29. The smallest absolute Gasteiger partial charge is 0.326 e. The molecule has 1 rings (SSSR count). The summed E-state index contributed by atoms with van der Waals surface area (Å²) in [6, 6.07) is -0.808. The molecule has 0 aromatic heterocycles. The van der Waals surface area contributed by atoms with E-state index in [1.165, 1.54) is 12.8 Å². The summed E-state index contributed by atoms with van der Waals surface area (Å²) in [7, 11) is 0. The van der Waals surface area contributed by atoms with Gasteiger partial charge in [0.15, 0.2) is 0 Å². The van der Waals surface area contributed by atoms with Crippen LogP contribution in [0.1, 0.15) is 71.6 Å². The van der Waals surface area contributed by atoms with Crippen LogP contribution in [0.3, 0.4) is 0 Å². The number of carbonyl (C=O) groups is 2. The molecule has 0 bridgehead atoms. The van der Waals surface area contributed by atoms with Gasteiger partial charge in [0.2, 0.25) is 5.91 Å². The lowest BCUT2D eigenvalue weighted by Gasteiger charge is -2.22. The normalized spacial score (nSPS) is 19.5. The average Bonchev–Trinajstić information content (AvgIpc) is 2.71. The molecule has 21 heavy (non-hydrogen) atoms. The third-order valence-electron chi connectivity index (χ3n) is 4.03. The van der Waals surface area contributed by atoms with Gasteiger partial charge in [-0.05, 0) is 26.2 Å². The highest BCUT2D eigenvalue weighted by atomic mass is 16.5. The molecule has 1 aliphatic carbocycles. The summed E-state index contributed by atoms with van der Waals surface area (Å²) < 4.78 is 5.81. The fraction of sp³-hybridized carbons (Fsp3) is 0.875. The van der Waals surface area contributed by atoms with E-state index in [-0.39, 0.29) is 12.0 Å². The molecule has 0 radical (unpaired) electrons. The Labute approximate surface area is 127 Å². The Kier molecular flexibility index (Phi) is 8.35. The summed E-state index contributed by atoms with van der Waals surface area (Å²) in [4.78, 5) is 23.2. The summed E-state index contributed by atoms with van der Waals surface area (Å²) >= 11 is 0. The minimum absolute atomic E-state index is 0.132. The number of amides is 1. The third-order valence-corrected chi connectivity index (χ3v) is 4.03. The van der Waals surface area contributed by atoms with E-state index in [1.807, 2.05) is 6.92 Å². The maximum atomic E-state index is 12.1. The van der Waals surface area contributed by atoms with E-state index in [2.05, 4.69) is 5.32 Å². The van der Waals surface area contributed by atoms with Gasteiger partial charge >= 0.3 is 5.97 Å². The second kappa shape index (κ2) is 9.77. The average molecular weight is 299 g/mol. The quantitative estimate of drug-likeness (QED) is 0.676. The molecule has 0 aromatic carbocycles. The highest BCUT2D eigenvalue weighted by molar-refractivity contribution is 5.86. The fourth-order valence-electron chi connectivity index (χ4n) is 2.68. The lowest BCUT2D eigenvalue weighted by Crippen LogP contribution is -2.46. The molecule has 5 nitrogen and oxygen atoms in total. The second-order valence-corrected chi connectivity index (χ2v) is 5.93.